The van der Waals surface area contributed by atoms with Crippen molar-refractivity contribution in [3.8, 4) is 11.3 Å². The lowest BCUT2D eigenvalue weighted by Crippen LogP contribution is -2.12. The van der Waals surface area contributed by atoms with Crippen molar-refractivity contribution in [3.63, 3.8) is 0 Å². The van der Waals surface area contributed by atoms with E-state index >= 15 is 0 Å². The van der Waals surface area contributed by atoms with E-state index in [9.17, 15) is 0 Å². The van der Waals surface area contributed by atoms with Crippen molar-refractivity contribution in [2.75, 3.05) is 0 Å². The topological polar surface area (TPSA) is 43.1 Å². The molecule has 2 aromatic heterocycles. The van der Waals surface area contributed by atoms with Crippen LogP contribution in [0.1, 0.15) is 24.1 Å². The van der Waals surface area contributed by atoms with Crippen LogP contribution < -0.4 is 0 Å². The molecule has 1 aliphatic rings. The second-order valence-corrected chi connectivity index (χ2v) is 6.03. The smallest absolute Gasteiger partial charge is 0.216 e. The molecule has 4 rings (SSSR count). The molecule has 1 aliphatic carbocycles. The lowest BCUT2D eigenvalue weighted by atomic mass is 9.92. The minimum absolute atomic E-state index is 0.622. The first kappa shape index (κ1) is 13.0. The molecule has 0 amide bonds. The molecular weight excluding hydrogens is 307 g/mol. The third kappa shape index (κ3) is 2.10. The molecule has 106 valence electrons. The zero-order valence-electron chi connectivity index (χ0n) is 11.2. The molecule has 1 aromatic carbocycles. The summed E-state index contributed by atoms with van der Waals surface area (Å²) in [5.74, 6) is 0.622. The average Bonchev–Trinajstić information content (AvgIpc) is 2.93. The Balaban J connectivity index is 2.08. The first-order valence-electron chi connectivity index (χ1n) is 6.91. The van der Waals surface area contributed by atoms with Gasteiger partial charge in [-0.2, -0.15) is 14.6 Å². The Morgan fingerprint density at radius 2 is 1.95 bits per heavy atom. The van der Waals surface area contributed by atoms with E-state index in [0.29, 0.717) is 15.8 Å². The van der Waals surface area contributed by atoms with Gasteiger partial charge < -0.3 is 0 Å². The van der Waals surface area contributed by atoms with Crippen LogP contribution in [0.2, 0.25) is 10.0 Å². The molecule has 3 aromatic rings. The number of aromatic nitrogens is 4. The van der Waals surface area contributed by atoms with Crippen molar-refractivity contribution in [3.05, 3.63) is 45.8 Å². The van der Waals surface area contributed by atoms with Crippen LogP contribution in [0.3, 0.4) is 0 Å². The molecule has 0 saturated heterocycles. The second kappa shape index (κ2) is 4.97. The van der Waals surface area contributed by atoms with E-state index in [1.54, 1.807) is 10.6 Å². The van der Waals surface area contributed by atoms with E-state index in [1.165, 1.54) is 11.9 Å². The van der Waals surface area contributed by atoms with E-state index in [1.807, 2.05) is 12.1 Å². The van der Waals surface area contributed by atoms with Gasteiger partial charge in [-0.25, -0.2) is 4.98 Å². The zero-order chi connectivity index (χ0) is 14.4. The van der Waals surface area contributed by atoms with Crippen LogP contribution in [0.15, 0.2) is 24.5 Å². The zero-order valence-corrected chi connectivity index (χ0v) is 12.7. The summed E-state index contributed by atoms with van der Waals surface area (Å²) in [5.41, 5.74) is 4.26. The van der Waals surface area contributed by atoms with Crippen molar-refractivity contribution in [2.45, 2.75) is 25.7 Å². The van der Waals surface area contributed by atoms with E-state index in [2.05, 4.69) is 15.1 Å². The van der Waals surface area contributed by atoms with Crippen LogP contribution in [0.4, 0.5) is 0 Å². The number of benzene rings is 1. The summed E-state index contributed by atoms with van der Waals surface area (Å²) in [7, 11) is 0. The Kier molecular flexibility index (Phi) is 3.08. The molecule has 0 saturated carbocycles. The predicted molar refractivity (Wildman–Crippen MR) is 82.9 cm³/mol. The monoisotopic (exact) mass is 318 g/mol. The number of nitrogens with zero attached hydrogens (tertiary/aromatic N) is 4. The minimum Gasteiger partial charge on any atom is -0.216 e. The van der Waals surface area contributed by atoms with Crippen molar-refractivity contribution in [1.82, 2.24) is 19.6 Å². The summed E-state index contributed by atoms with van der Waals surface area (Å²) in [4.78, 5) is 8.86. The highest BCUT2D eigenvalue weighted by Crippen LogP contribution is 2.35. The van der Waals surface area contributed by atoms with E-state index in [-0.39, 0.29) is 0 Å². The first-order valence-corrected chi connectivity index (χ1v) is 7.66. The molecule has 21 heavy (non-hydrogen) atoms. The van der Waals surface area contributed by atoms with Crippen LogP contribution in [0.5, 0.6) is 0 Å². The molecule has 0 atom stereocenters. The summed E-state index contributed by atoms with van der Waals surface area (Å²) in [6, 6.07) is 5.55. The van der Waals surface area contributed by atoms with E-state index in [4.69, 9.17) is 23.2 Å². The van der Waals surface area contributed by atoms with Gasteiger partial charge in [-0.15, -0.1) is 0 Å². The van der Waals surface area contributed by atoms with Gasteiger partial charge in [-0.3, -0.25) is 0 Å². The minimum atomic E-state index is 0.622. The number of aryl methyl sites for hydroxylation is 1. The Hall–Kier alpha value is -1.65. The summed E-state index contributed by atoms with van der Waals surface area (Å²) < 4.78 is 1.78. The lowest BCUT2D eigenvalue weighted by molar-refractivity contribution is 0.661. The fourth-order valence-electron chi connectivity index (χ4n) is 2.94. The maximum atomic E-state index is 6.41. The number of hydrogen-bond acceptors (Lipinski definition) is 3. The SMILES string of the molecule is Clc1ccc(-c2c3c(nc4ncnn24)CCCC3)c(Cl)c1. The van der Waals surface area contributed by atoms with Gasteiger partial charge in [0.05, 0.1) is 10.7 Å². The van der Waals surface area contributed by atoms with Crippen molar-refractivity contribution < 1.29 is 0 Å². The molecule has 0 spiro atoms. The maximum Gasteiger partial charge on any atom is 0.252 e. The molecule has 0 N–H and O–H groups in total. The van der Waals surface area contributed by atoms with Gasteiger partial charge >= 0.3 is 0 Å². The van der Waals surface area contributed by atoms with Gasteiger partial charge in [-0.05, 0) is 43.9 Å². The molecule has 0 fully saturated rings. The fraction of sp³-hybridized carbons (Fsp3) is 0.267. The highest BCUT2D eigenvalue weighted by atomic mass is 35.5. The average molecular weight is 319 g/mol. The fourth-order valence-corrected chi connectivity index (χ4v) is 3.44. The quantitative estimate of drug-likeness (QED) is 0.681. The van der Waals surface area contributed by atoms with Crippen LogP contribution in [0, 0.1) is 0 Å². The molecule has 0 unspecified atom stereocenters. The van der Waals surface area contributed by atoms with Gasteiger partial charge in [-0.1, -0.05) is 23.2 Å². The van der Waals surface area contributed by atoms with E-state index in [0.717, 1.165) is 42.6 Å². The Labute approximate surface area is 131 Å². The Morgan fingerprint density at radius 3 is 2.81 bits per heavy atom. The maximum absolute atomic E-state index is 6.41. The molecule has 4 nitrogen and oxygen atoms in total. The normalized spacial score (nSPS) is 14.4. The summed E-state index contributed by atoms with van der Waals surface area (Å²) in [5, 5.41) is 5.57. The highest BCUT2D eigenvalue weighted by Gasteiger charge is 2.22. The first-order chi connectivity index (χ1) is 10.2. The van der Waals surface area contributed by atoms with Gasteiger partial charge in [0.1, 0.15) is 6.33 Å². The molecule has 6 heteroatoms. The molecule has 0 aliphatic heterocycles. The number of halogens is 2. The lowest BCUT2D eigenvalue weighted by Gasteiger charge is -2.19. The van der Waals surface area contributed by atoms with Crippen LogP contribution in [-0.2, 0) is 12.8 Å². The molecule has 0 radical (unpaired) electrons. The number of fused-ring (bicyclic) bond motifs is 2. The number of rotatable bonds is 1. The Bertz CT molecular complexity index is 841. The molecule has 0 bridgehead atoms. The van der Waals surface area contributed by atoms with Crippen molar-refractivity contribution in [1.29, 1.82) is 0 Å². The van der Waals surface area contributed by atoms with E-state index < -0.39 is 0 Å². The van der Waals surface area contributed by atoms with Gasteiger partial charge in [0.25, 0.3) is 5.78 Å². The van der Waals surface area contributed by atoms with Crippen molar-refractivity contribution in [2.24, 2.45) is 0 Å². The van der Waals surface area contributed by atoms with Gasteiger partial charge in [0.2, 0.25) is 0 Å². The van der Waals surface area contributed by atoms with Crippen LogP contribution >= 0.6 is 23.2 Å². The summed E-state index contributed by atoms with van der Waals surface area (Å²) in [6.07, 6.45) is 5.83. The standard InChI is InChI=1S/C15H12Cl2N4/c16-9-5-6-10(12(17)7-9)14-11-3-1-2-4-13(11)20-15-18-8-19-21(14)15/h5-8H,1-4H2. The predicted octanol–water partition coefficient (Wildman–Crippen LogP) is 3.98. The van der Waals surface area contributed by atoms with Crippen molar-refractivity contribution >= 4 is 29.0 Å². The Morgan fingerprint density at radius 1 is 1.10 bits per heavy atom. The third-order valence-electron chi connectivity index (χ3n) is 3.89. The molecule has 2 heterocycles. The number of hydrogen-bond donors (Lipinski definition) is 0. The third-order valence-corrected chi connectivity index (χ3v) is 4.44. The summed E-state index contributed by atoms with van der Waals surface area (Å²) >= 11 is 12.4. The largest absolute Gasteiger partial charge is 0.252 e. The highest BCUT2D eigenvalue weighted by molar-refractivity contribution is 6.36. The van der Waals surface area contributed by atoms with Crippen LogP contribution in [0.25, 0.3) is 17.0 Å². The molecular formula is C15H12Cl2N4. The van der Waals surface area contributed by atoms with Gasteiger partial charge in [0.15, 0.2) is 0 Å². The summed E-state index contributed by atoms with van der Waals surface area (Å²) in [6.45, 7) is 0. The second-order valence-electron chi connectivity index (χ2n) is 5.19. The van der Waals surface area contributed by atoms with Gasteiger partial charge in [0, 0.05) is 21.8 Å². The van der Waals surface area contributed by atoms with Crippen LogP contribution in [-0.4, -0.2) is 19.6 Å².